The molecular weight excluding hydrogens is 955 g/mol. The van der Waals surface area contributed by atoms with E-state index in [1.54, 1.807) is 12.1 Å². The number of hydrogen-bond donors (Lipinski definition) is 0. The fraction of sp³-hybridized carbons (Fsp3) is 0. The molecule has 12 aromatic carbocycles. The minimum atomic E-state index is -0.458. The molecule has 0 aliphatic carbocycles. The molecule has 364 valence electrons. The van der Waals surface area contributed by atoms with Crippen molar-refractivity contribution < 1.29 is 27.0 Å². The molecule has 6 nitrogen and oxygen atoms in total. The summed E-state index contributed by atoms with van der Waals surface area (Å²) in [6, 6.07) is 63.1. The number of fused-ring (bicyclic) bond motifs is 16. The van der Waals surface area contributed by atoms with Crippen LogP contribution in [0.1, 0.15) is 13.7 Å². The predicted octanol–water partition coefficient (Wildman–Crippen LogP) is 20.8. The normalized spacial score (nSPS) is 13.9. The Balaban J connectivity index is 0.877. The smallest absolute Gasteiger partial charge is 0.163 e. The molecule has 0 saturated heterocycles. The van der Waals surface area contributed by atoms with E-state index in [0.717, 1.165) is 116 Å². The lowest BCUT2D eigenvalue weighted by Gasteiger charge is -2.26. The molecule has 0 amide bonds. The van der Waals surface area contributed by atoms with Crippen molar-refractivity contribution in [1.82, 2.24) is 4.40 Å². The van der Waals surface area contributed by atoms with E-state index >= 15 is 0 Å². The maximum absolute atomic E-state index is 8.85. The van der Waals surface area contributed by atoms with E-state index in [1.807, 2.05) is 103 Å². The Morgan fingerprint density at radius 2 is 0.808 bits per heavy atom. The number of aromatic nitrogens is 1. The van der Waals surface area contributed by atoms with Gasteiger partial charge in [0, 0.05) is 82.7 Å². The second-order valence-electron chi connectivity index (χ2n) is 19.6. The molecule has 17 rings (SSSR count). The zero-order chi connectivity index (χ0) is 59.7. The zero-order valence-electron chi connectivity index (χ0n) is 51.1. The average Bonchev–Trinajstić information content (AvgIpc) is 1.57. The van der Waals surface area contributed by atoms with Gasteiger partial charge in [-0.3, -0.25) is 0 Å². The van der Waals surface area contributed by atoms with Gasteiger partial charge in [0.05, 0.1) is 35.8 Å². The van der Waals surface area contributed by atoms with Gasteiger partial charge >= 0.3 is 0 Å². The quantitative estimate of drug-likeness (QED) is 0.152. The highest BCUT2D eigenvalue weighted by molar-refractivity contribution is 6.32. The Morgan fingerprint density at radius 1 is 0.321 bits per heavy atom. The third kappa shape index (κ3) is 6.19. The van der Waals surface area contributed by atoms with E-state index in [9.17, 15) is 0 Å². The van der Waals surface area contributed by atoms with Crippen molar-refractivity contribution in [1.29, 1.82) is 0 Å². The summed E-state index contributed by atoms with van der Waals surface area (Å²) in [5.74, 6) is 0. The van der Waals surface area contributed by atoms with Gasteiger partial charge in [0.1, 0.15) is 33.4 Å². The highest BCUT2D eigenvalue weighted by atomic mass is 16.3. The molecule has 5 heterocycles. The van der Waals surface area contributed by atoms with Gasteiger partial charge in [0.2, 0.25) is 0 Å². The fourth-order valence-electron chi connectivity index (χ4n) is 12.1. The van der Waals surface area contributed by atoms with E-state index in [4.69, 9.17) is 27.0 Å². The molecule has 0 bridgehead atoms. The topological polar surface area (TPSA) is 50.3 Å². The van der Waals surface area contributed by atoms with Crippen molar-refractivity contribution >= 4 is 138 Å². The number of para-hydroxylation sites is 5. The van der Waals surface area contributed by atoms with E-state index in [-0.39, 0.29) is 35.3 Å². The van der Waals surface area contributed by atoms with Crippen LogP contribution in [0.3, 0.4) is 0 Å². The summed E-state index contributed by atoms with van der Waals surface area (Å²) in [6.45, 7) is 0. The summed E-state index contributed by atoms with van der Waals surface area (Å²) in [5.41, 5.74) is 12.6. The first-order chi connectivity index (χ1) is 42.8. The van der Waals surface area contributed by atoms with Gasteiger partial charge in [-0.1, -0.05) is 170 Å². The summed E-state index contributed by atoms with van der Waals surface area (Å²) in [7, 11) is 0. The lowest BCUT2D eigenvalue weighted by atomic mass is 10.0. The predicted molar refractivity (Wildman–Crippen MR) is 323 cm³/mol. The van der Waals surface area contributed by atoms with Crippen molar-refractivity contribution in [3.63, 3.8) is 0 Å². The molecule has 0 atom stereocenters. The molecular formula is C72H43N3O3. The minimum absolute atomic E-state index is 0.0735. The summed E-state index contributed by atoms with van der Waals surface area (Å²) >= 11 is 0. The molecule has 0 aliphatic rings. The van der Waals surface area contributed by atoms with Crippen LogP contribution < -0.4 is 9.80 Å². The molecule has 0 N–H and O–H groups in total. The van der Waals surface area contributed by atoms with E-state index in [0.29, 0.717) is 33.5 Å². The second kappa shape index (κ2) is 16.5. The lowest BCUT2D eigenvalue weighted by molar-refractivity contribution is 0.669. The number of furan rings is 3. The number of benzene rings is 12. The third-order valence-electron chi connectivity index (χ3n) is 15.4. The molecule has 0 fully saturated rings. The molecule has 0 radical (unpaired) electrons. The summed E-state index contributed by atoms with van der Waals surface area (Å²) in [4.78, 5) is 4.46. The Bertz CT molecular complexity index is 5800. The zero-order valence-corrected chi connectivity index (χ0v) is 41.1. The van der Waals surface area contributed by atoms with Crippen molar-refractivity contribution in [2.24, 2.45) is 0 Å². The molecule has 17 aromatic rings. The molecule has 0 aliphatic heterocycles. The van der Waals surface area contributed by atoms with Gasteiger partial charge < -0.3 is 27.5 Å². The molecule has 78 heavy (non-hydrogen) atoms. The van der Waals surface area contributed by atoms with Crippen LogP contribution in [0.25, 0.3) is 126 Å². The van der Waals surface area contributed by atoms with Gasteiger partial charge in [-0.05, 0) is 108 Å². The summed E-state index contributed by atoms with van der Waals surface area (Å²) in [6.07, 6.45) is 0. The first-order valence-corrected chi connectivity index (χ1v) is 25.7. The first kappa shape index (κ1) is 34.1. The van der Waals surface area contributed by atoms with E-state index in [2.05, 4.69) is 99.1 Å². The summed E-state index contributed by atoms with van der Waals surface area (Å²) in [5, 5.41) is 9.06. The van der Waals surface area contributed by atoms with Gasteiger partial charge in [-0.15, -0.1) is 0 Å². The van der Waals surface area contributed by atoms with Crippen LogP contribution in [0.2, 0.25) is 0 Å². The molecule has 5 aromatic heterocycles. The monoisotopic (exact) mass is 1010 g/mol. The largest absolute Gasteiger partial charge is 0.455 e. The van der Waals surface area contributed by atoms with Crippen LogP contribution in [0.5, 0.6) is 0 Å². The van der Waals surface area contributed by atoms with E-state index < -0.39 is 36.3 Å². The number of anilines is 6. The lowest BCUT2D eigenvalue weighted by Crippen LogP contribution is -2.10. The molecule has 6 heteroatoms. The number of rotatable bonds is 8. The molecule has 0 spiro atoms. The Labute approximate surface area is 460 Å². The average molecular weight is 1010 g/mol. The van der Waals surface area contributed by atoms with Gasteiger partial charge in [-0.2, -0.15) is 0 Å². The van der Waals surface area contributed by atoms with Crippen LogP contribution in [-0.4, -0.2) is 4.40 Å². The van der Waals surface area contributed by atoms with Crippen LogP contribution in [0.4, 0.5) is 34.1 Å². The Kier molecular flexibility index (Phi) is 7.20. The number of hydrogen-bond acceptors (Lipinski definition) is 5. The highest BCUT2D eigenvalue weighted by Crippen LogP contribution is 2.52. The minimum Gasteiger partial charge on any atom is -0.455 e. The SMILES string of the molecule is [2H]c1c([2H])c([2H])c(-c2cccc3c2oc2ccc(N(c4ccccc4)c4ccc5ccc6c7ccc(N(c8ccccc8)c8ccc9oc%10c(-c%11c([2H])c([2H])c([2H])c([2H])c%11[2H])cccc%10c9c8)c8c9oc%10ccccc%10c9n(c6c5c4)c78)cc23)c([2H])c1[2H]. The van der Waals surface area contributed by atoms with Gasteiger partial charge in [-0.25, -0.2) is 0 Å². The summed E-state index contributed by atoms with van der Waals surface area (Å²) < 4.78 is 108. The first-order valence-electron chi connectivity index (χ1n) is 30.7. The highest BCUT2D eigenvalue weighted by Gasteiger charge is 2.29. The van der Waals surface area contributed by atoms with E-state index in [1.165, 1.54) is 0 Å². The van der Waals surface area contributed by atoms with Crippen LogP contribution in [0.15, 0.2) is 274 Å². The number of nitrogens with zero attached hydrogens (tertiary/aromatic N) is 3. The van der Waals surface area contributed by atoms with Gasteiger partial charge in [0.25, 0.3) is 0 Å². The van der Waals surface area contributed by atoms with Gasteiger partial charge in [0.15, 0.2) is 5.58 Å². The van der Waals surface area contributed by atoms with Crippen molar-refractivity contribution in [2.45, 2.75) is 0 Å². The van der Waals surface area contributed by atoms with Crippen molar-refractivity contribution in [3.8, 4) is 22.3 Å². The molecule has 0 unspecified atom stereocenters. The van der Waals surface area contributed by atoms with Crippen molar-refractivity contribution in [2.75, 3.05) is 9.80 Å². The Morgan fingerprint density at radius 3 is 1.45 bits per heavy atom. The fourth-order valence-corrected chi connectivity index (χ4v) is 12.1. The van der Waals surface area contributed by atoms with Crippen LogP contribution in [0, 0.1) is 0 Å². The molecule has 0 saturated carbocycles. The van der Waals surface area contributed by atoms with Crippen LogP contribution >= 0.6 is 0 Å². The van der Waals surface area contributed by atoms with Crippen LogP contribution in [-0.2, 0) is 0 Å². The Hall–Kier alpha value is -10.6. The maximum Gasteiger partial charge on any atom is 0.163 e. The standard InChI is InChI=1S/C72H43N3O3/c1-5-17-44(18-6-1)52-26-15-28-56-60-42-50(34-39-64(60)76-70(52)56)73(47-21-9-3-10-22-47)49-33-31-46-32-36-54-55-37-38-62(66-68(55)75(67(54)59(46)41-49)69-58-25-13-14-30-63(58)78-72(66)69)74(48-23-11-4-12-24-48)51-35-40-65-61(43-51)57-29-16-27-53(71(57)77-65)45-19-7-2-8-20-45/h1-43H/i1D,2D,5D,6D,7D,8D,17D,18D,19D,20D. The second-order valence-corrected chi connectivity index (χ2v) is 19.6. The maximum atomic E-state index is 8.85. The van der Waals surface area contributed by atoms with Crippen molar-refractivity contribution in [3.05, 3.63) is 261 Å². The third-order valence-corrected chi connectivity index (χ3v) is 15.4.